The van der Waals surface area contributed by atoms with Gasteiger partial charge in [-0.3, -0.25) is 9.63 Å². The summed E-state index contributed by atoms with van der Waals surface area (Å²) >= 11 is 0. The van der Waals surface area contributed by atoms with Crippen LogP contribution < -0.4 is 4.74 Å². The molecule has 3 rings (SSSR count). The van der Waals surface area contributed by atoms with E-state index in [0.29, 0.717) is 5.92 Å². The van der Waals surface area contributed by atoms with Crippen molar-refractivity contribution in [3.63, 3.8) is 0 Å². The van der Waals surface area contributed by atoms with E-state index in [4.69, 9.17) is 9.57 Å². The van der Waals surface area contributed by atoms with E-state index in [0.717, 1.165) is 25.2 Å². The minimum atomic E-state index is 0.0685. The summed E-state index contributed by atoms with van der Waals surface area (Å²) in [5.41, 5.74) is 2.57. The molecule has 1 amide bonds. The average molecular weight is 247 g/mol. The zero-order valence-electron chi connectivity index (χ0n) is 10.7. The fraction of sp³-hybridized carbons (Fsp3) is 0.500. The first kappa shape index (κ1) is 11.5. The Bertz CT molecular complexity index is 486. The predicted molar refractivity (Wildman–Crippen MR) is 66.3 cm³/mol. The first-order chi connectivity index (χ1) is 8.72. The summed E-state index contributed by atoms with van der Waals surface area (Å²) in [4.78, 5) is 16.9. The maximum Gasteiger partial charge on any atom is 0.249 e. The Morgan fingerprint density at radius 2 is 2.33 bits per heavy atom. The maximum absolute atomic E-state index is 12.0. The molecule has 0 radical (unpaired) electrons. The molecule has 18 heavy (non-hydrogen) atoms. The molecule has 0 spiro atoms. The first-order valence-electron chi connectivity index (χ1n) is 6.28. The van der Waals surface area contributed by atoms with Crippen LogP contribution in [0, 0.1) is 5.92 Å². The minimum Gasteiger partial charge on any atom is -0.493 e. The van der Waals surface area contributed by atoms with Gasteiger partial charge in [-0.1, -0.05) is 12.1 Å². The third kappa shape index (κ3) is 1.77. The average Bonchev–Trinajstić information content (AvgIpc) is 3.04. The number of hydrogen-bond donors (Lipinski definition) is 0. The molecule has 1 aliphatic carbocycles. The molecule has 2 atom stereocenters. The standard InChI is InChI=1S/C14H17NO3/c1-15(17-2)14(16)12-8-11(12)9-4-3-5-13-10(9)6-7-18-13/h3-5,11-12H,6-8H2,1-2H3/t11-,12+/m0/s1. The van der Waals surface area contributed by atoms with Crippen LogP contribution in [0.2, 0.25) is 0 Å². The van der Waals surface area contributed by atoms with Gasteiger partial charge in [0.15, 0.2) is 0 Å². The molecule has 1 heterocycles. The van der Waals surface area contributed by atoms with Crippen molar-refractivity contribution in [3.05, 3.63) is 29.3 Å². The number of hydrogen-bond acceptors (Lipinski definition) is 3. The molecule has 0 saturated heterocycles. The van der Waals surface area contributed by atoms with Crippen molar-refractivity contribution in [1.82, 2.24) is 5.06 Å². The second-order valence-electron chi connectivity index (χ2n) is 4.89. The largest absolute Gasteiger partial charge is 0.493 e. The van der Waals surface area contributed by atoms with Crippen LogP contribution in [-0.4, -0.2) is 31.7 Å². The Morgan fingerprint density at radius 3 is 3.11 bits per heavy atom. The topological polar surface area (TPSA) is 38.8 Å². The van der Waals surface area contributed by atoms with Crippen LogP contribution in [-0.2, 0) is 16.1 Å². The van der Waals surface area contributed by atoms with E-state index in [2.05, 4.69) is 6.07 Å². The molecule has 4 nitrogen and oxygen atoms in total. The predicted octanol–water partition coefficient (Wildman–Crippen LogP) is 1.74. The molecular formula is C14H17NO3. The second kappa shape index (κ2) is 4.28. The van der Waals surface area contributed by atoms with Gasteiger partial charge in [-0.15, -0.1) is 0 Å². The molecular weight excluding hydrogens is 230 g/mol. The molecule has 1 aromatic rings. The van der Waals surface area contributed by atoms with Gasteiger partial charge in [-0.25, -0.2) is 5.06 Å². The number of carbonyl (C=O) groups is 1. The van der Waals surface area contributed by atoms with Crippen molar-refractivity contribution in [2.24, 2.45) is 5.92 Å². The SMILES string of the molecule is CON(C)C(=O)[C@@H]1C[C@H]1c1cccc2c1CCO2. The van der Waals surface area contributed by atoms with E-state index in [9.17, 15) is 4.79 Å². The van der Waals surface area contributed by atoms with Gasteiger partial charge in [0.05, 0.1) is 13.7 Å². The van der Waals surface area contributed by atoms with E-state index in [1.165, 1.54) is 23.3 Å². The van der Waals surface area contributed by atoms with Crippen LogP contribution in [0.3, 0.4) is 0 Å². The number of ether oxygens (including phenoxy) is 1. The molecule has 0 bridgehead atoms. The lowest BCUT2D eigenvalue weighted by atomic mass is 10.00. The molecule has 1 saturated carbocycles. The number of nitrogens with zero attached hydrogens (tertiary/aromatic N) is 1. The Morgan fingerprint density at radius 1 is 1.50 bits per heavy atom. The van der Waals surface area contributed by atoms with Crippen LogP contribution in [0.25, 0.3) is 0 Å². The number of fused-ring (bicyclic) bond motifs is 1. The van der Waals surface area contributed by atoms with Gasteiger partial charge in [-0.2, -0.15) is 0 Å². The Balaban J connectivity index is 1.79. The van der Waals surface area contributed by atoms with Crippen LogP contribution in [0.4, 0.5) is 0 Å². The zero-order valence-corrected chi connectivity index (χ0v) is 10.7. The van der Waals surface area contributed by atoms with Crippen LogP contribution in [0.5, 0.6) is 5.75 Å². The summed E-state index contributed by atoms with van der Waals surface area (Å²) in [6.45, 7) is 0.760. The lowest BCUT2D eigenvalue weighted by Gasteiger charge is -2.13. The second-order valence-corrected chi connectivity index (χ2v) is 4.89. The summed E-state index contributed by atoms with van der Waals surface area (Å²) < 4.78 is 5.56. The van der Waals surface area contributed by atoms with Crippen molar-refractivity contribution in [2.45, 2.75) is 18.8 Å². The molecule has 1 aromatic carbocycles. The summed E-state index contributed by atoms with van der Waals surface area (Å²) in [6.07, 6.45) is 1.88. The van der Waals surface area contributed by atoms with E-state index < -0.39 is 0 Å². The molecule has 4 heteroatoms. The number of carbonyl (C=O) groups excluding carboxylic acids is 1. The Labute approximate surface area is 106 Å². The number of benzene rings is 1. The molecule has 2 aliphatic rings. The van der Waals surface area contributed by atoms with E-state index in [-0.39, 0.29) is 11.8 Å². The highest BCUT2D eigenvalue weighted by atomic mass is 16.7. The highest BCUT2D eigenvalue weighted by Gasteiger charge is 2.46. The van der Waals surface area contributed by atoms with Gasteiger partial charge >= 0.3 is 0 Å². The van der Waals surface area contributed by atoms with Crippen molar-refractivity contribution in [2.75, 3.05) is 20.8 Å². The van der Waals surface area contributed by atoms with Crippen molar-refractivity contribution >= 4 is 5.91 Å². The quantitative estimate of drug-likeness (QED) is 0.764. The molecule has 0 aromatic heterocycles. The van der Waals surface area contributed by atoms with Gasteiger partial charge < -0.3 is 4.74 Å². The molecule has 0 N–H and O–H groups in total. The van der Waals surface area contributed by atoms with Gasteiger partial charge in [0.25, 0.3) is 0 Å². The molecule has 0 unspecified atom stereocenters. The number of hydroxylamine groups is 2. The number of rotatable bonds is 3. The smallest absolute Gasteiger partial charge is 0.249 e. The third-order valence-electron chi connectivity index (χ3n) is 3.87. The highest BCUT2D eigenvalue weighted by Crippen LogP contribution is 2.51. The van der Waals surface area contributed by atoms with Gasteiger partial charge in [0, 0.05) is 24.9 Å². The molecule has 1 fully saturated rings. The van der Waals surface area contributed by atoms with Crippen LogP contribution in [0.15, 0.2) is 18.2 Å². The number of amides is 1. The zero-order chi connectivity index (χ0) is 12.7. The maximum atomic E-state index is 12.0. The lowest BCUT2D eigenvalue weighted by Crippen LogP contribution is -2.27. The van der Waals surface area contributed by atoms with Gasteiger partial charge in [0.1, 0.15) is 5.75 Å². The van der Waals surface area contributed by atoms with Gasteiger partial charge in [-0.05, 0) is 24.0 Å². The summed E-state index contributed by atoms with van der Waals surface area (Å²) in [5, 5.41) is 1.32. The lowest BCUT2D eigenvalue weighted by molar-refractivity contribution is -0.170. The highest BCUT2D eigenvalue weighted by molar-refractivity contribution is 5.82. The van der Waals surface area contributed by atoms with E-state index >= 15 is 0 Å². The van der Waals surface area contributed by atoms with Crippen LogP contribution >= 0.6 is 0 Å². The Hall–Kier alpha value is -1.55. The van der Waals surface area contributed by atoms with Crippen molar-refractivity contribution in [1.29, 1.82) is 0 Å². The molecule has 1 aliphatic heterocycles. The van der Waals surface area contributed by atoms with Crippen molar-refractivity contribution in [3.8, 4) is 5.75 Å². The minimum absolute atomic E-state index is 0.0685. The van der Waals surface area contributed by atoms with E-state index in [1.807, 2.05) is 12.1 Å². The van der Waals surface area contributed by atoms with Gasteiger partial charge in [0.2, 0.25) is 5.91 Å². The fourth-order valence-corrected chi connectivity index (χ4v) is 2.73. The third-order valence-corrected chi connectivity index (χ3v) is 3.87. The molecule has 96 valence electrons. The fourth-order valence-electron chi connectivity index (χ4n) is 2.73. The summed E-state index contributed by atoms with van der Waals surface area (Å²) in [7, 11) is 3.18. The normalized spacial score (nSPS) is 24.3. The summed E-state index contributed by atoms with van der Waals surface area (Å²) in [6, 6.07) is 6.14. The van der Waals surface area contributed by atoms with E-state index in [1.54, 1.807) is 7.05 Å². The Kier molecular flexibility index (Phi) is 2.74. The van der Waals surface area contributed by atoms with Crippen LogP contribution in [0.1, 0.15) is 23.5 Å². The summed E-state index contributed by atoms with van der Waals surface area (Å²) in [5.74, 6) is 1.47. The van der Waals surface area contributed by atoms with Crippen molar-refractivity contribution < 1.29 is 14.4 Å². The monoisotopic (exact) mass is 247 g/mol. The first-order valence-corrected chi connectivity index (χ1v) is 6.28.